The summed E-state index contributed by atoms with van der Waals surface area (Å²) < 4.78 is 0. The van der Waals surface area contributed by atoms with Crippen molar-refractivity contribution in [2.24, 2.45) is 9.98 Å². The van der Waals surface area contributed by atoms with Gasteiger partial charge in [0.1, 0.15) is 0 Å². The van der Waals surface area contributed by atoms with Crippen molar-refractivity contribution in [3.05, 3.63) is 0 Å². The second kappa shape index (κ2) is 1.39. The highest BCUT2D eigenvalue weighted by Crippen LogP contribution is 2.13. The molecule has 1 fully saturated rings. The van der Waals surface area contributed by atoms with E-state index in [2.05, 4.69) is 14.9 Å². The minimum absolute atomic E-state index is 0.148. The molecule has 0 amide bonds. The van der Waals surface area contributed by atoms with Crippen LogP contribution in [0.25, 0.3) is 0 Å². The van der Waals surface area contributed by atoms with Crippen molar-refractivity contribution in [3.8, 4) is 0 Å². The Kier molecular flexibility index (Phi) is 0.729. The molecule has 42 valence electrons. The van der Waals surface area contributed by atoms with Gasteiger partial charge in [-0.05, 0) is 0 Å². The first-order valence-corrected chi connectivity index (χ1v) is 2.76. The summed E-state index contributed by atoms with van der Waals surface area (Å²) in [5, 5.41) is 0. The zero-order valence-corrected chi connectivity index (χ0v) is 4.49. The lowest BCUT2D eigenvalue weighted by Crippen LogP contribution is -2.09. The third kappa shape index (κ3) is 0.554. The lowest BCUT2D eigenvalue weighted by molar-refractivity contribution is 0.435. The minimum Gasteiger partial charge on any atom is -0.261 e. The van der Waals surface area contributed by atoms with Crippen LogP contribution in [0.5, 0.6) is 0 Å². The van der Waals surface area contributed by atoms with Crippen LogP contribution in [0.1, 0.15) is 0 Å². The molecule has 0 spiro atoms. The molecule has 3 nitrogen and oxygen atoms in total. The smallest absolute Gasteiger partial charge is 0.196 e. The topological polar surface area (TPSA) is 27.7 Å². The van der Waals surface area contributed by atoms with Crippen LogP contribution in [0.2, 0.25) is 0 Å². The predicted molar refractivity (Wildman–Crippen MR) is 32.3 cm³/mol. The molecular formula is C5H7N3. The van der Waals surface area contributed by atoms with Gasteiger partial charge in [0.25, 0.3) is 0 Å². The molecule has 0 aromatic carbocycles. The van der Waals surface area contributed by atoms with Crippen molar-refractivity contribution in [1.29, 1.82) is 0 Å². The number of rotatable bonds is 1. The Balaban J connectivity index is 2.06. The first kappa shape index (κ1) is 4.21. The van der Waals surface area contributed by atoms with E-state index in [-0.39, 0.29) is 6.29 Å². The molecule has 0 radical (unpaired) electrons. The maximum absolute atomic E-state index is 4.08. The van der Waals surface area contributed by atoms with Gasteiger partial charge in [-0.3, -0.25) is 4.90 Å². The van der Waals surface area contributed by atoms with Crippen LogP contribution in [0.15, 0.2) is 9.98 Å². The fourth-order valence-electron chi connectivity index (χ4n) is 0.747. The Morgan fingerprint density at radius 2 is 1.88 bits per heavy atom. The van der Waals surface area contributed by atoms with E-state index in [1.807, 2.05) is 0 Å². The molecule has 2 heterocycles. The largest absolute Gasteiger partial charge is 0.261 e. The van der Waals surface area contributed by atoms with Gasteiger partial charge < -0.3 is 0 Å². The second-order valence-corrected chi connectivity index (χ2v) is 1.98. The number of aliphatic imine (C=N–C) groups is 2. The molecular weight excluding hydrogens is 102 g/mol. The number of hydrogen-bond acceptors (Lipinski definition) is 3. The summed E-state index contributed by atoms with van der Waals surface area (Å²) in [6.07, 6.45) is 3.65. The van der Waals surface area contributed by atoms with E-state index in [1.54, 1.807) is 12.4 Å². The van der Waals surface area contributed by atoms with Gasteiger partial charge in [-0.15, -0.1) is 0 Å². The Labute approximate surface area is 47.7 Å². The van der Waals surface area contributed by atoms with Gasteiger partial charge in [0, 0.05) is 25.5 Å². The Morgan fingerprint density at radius 3 is 2.38 bits per heavy atom. The average molecular weight is 109 g/mol. The lowest BCUT2D eigenvalue weighted by atomic mass is 10.9. The summed E-state index contributed by atoms with van der Waals surface area (Å²) >= 11 is 0. The summed E-state index contributed by atoms with van der Waals surface area (Å²) in [5.74, 6) is 0. The summed E-state index contributed by atoms with van der Waals surface area (Å²) in [5.41, 5.74) is 0. The standard InChI is InChI=1S/C5H7N3/c1-2-7-5(6-1)8-3-4-8/h1-2,5H,3-4H2. The molecule has 3 heteroatoms. The summed E-state index contributed by atoms with van der Waals surface area (Å²) in [4.78, 5) is 10.3. The van der Waals surface area contributed by atoms with E-state index in [0.29, 0.717) is 0 Å². The monoisotopic (exact) mass is 109 g/mol. The predicted octanol–water partition coefficient (Wildman–Crippen LogP) is -0.259. The van der Waals surface area contributed by atoms with E-state index in [4.69, 9.17) is 0 Å². The molecule has 2 aliphatic rings. The molecule has 0 bridgehead atoms. The van der Waals surface area contributed by atoms with Crippen LogP contribution in [0, 0.1) is 0 Å². The molecule has 0 N–H and O–H groups in total. The van der Waals surface area contributed by atoms with E-state index >= 15 is 0 Å². The molecule has 8 heavy (non-hydrogen) atoms. The zero-order valence-electron chi connectivity index (χ0n) is 4.49. The molecule has 0 aromatic rings. The van der Waals surface area contributed by atoms with Gasteiger partial charge in [0.15, 0.2) is 6.29 Å². The van der Waals surface area contributed by atoms with Gasteiger partial charge in [0.05, 0.1) is 0 Å². The number of nitrogens with zero attached hydrogens (tertiary/aromatic N) is 3. The van der Waals surface area contributed by atoms with Crippen LogP contribution in [-0.4, -0.2) is 36.7 Å². The van der Waals surface area contributed by atoms with Crippen LogP contribution in [-0.2, 0) is 0 Å². The molecule has 2 aliphatic heterocycles. The molecule has 2 rings (SSSR count). The SMILES string of the molecule is C1=NC(N2CC2)N=C1. The van der Waals surface area contributed by atoms with Gasteiger partial charge >= 0.3 is 0 Å². The van der Waals surface area contributed by atoms with Crippen molar-refractivity contribution < 1.29 is 0 Å². The van der Waals surface area contributed by atoms with Gasteiger partial charge in [-0.25, -0.2) is 9.98 Å². The lowest BCUT2D eigenvalue weighted by Gasteiger charge is -2.00. The van der Waals surface area contributed by atoms with Crippen LogP contribution >= 0.6 is 0 Å². The normalized spacial score (nSPS) is 27.5. The quantitative estimate of drug-likeness (QED) is 0.426. The fraction of sp³-hybridized carbons (Fsp3) is 0.600. The van der Waals surface area contributed by atoms with E-state index in [1.165, 1.54) is 13.1 Å². The van der Waals surface area contributed by atoms with Crippen LogP contribution < -0.4 is 0 Å². The van der Waals surface area contributed by atoms with E-state index in [0.717, 1.165) is 0 Å². The summed E-state index contributed by atoms with van der Waals surface area (Å²) in [7, 11) is 0. The Morgan fingerprint density at radius 1 is 1.25 bits per heavy atom. The average Bonchev–Trinajstić information content (AvgIpc) is 2.49. The van der Waals surface area contributed by atoms with Gasteiger partial charge in [0.2, 0.25) is 0 Å². The van der Waals surface area contributed by atoms with Crippen molar-refractivity contribution in [2.75, 3.05) is 13.1 Å². The fourth-order valence-corrected chi connectivity index (χ4v) is 0.747. The Hall–Kier alpha value is -0.700. The van der Waals surface area contributed by atoms with E-state index in [9.17, 15) is 0 Å². The van der Waals surface area contributed by atoms with Crippen molar-refractivity contribution in [3.63, 3.8) is 0 Å². The van der Waals surface area contributed by atoms with Crippen LogP contribution in [0.4, 0.5) is 0 Å². The third-order valence-corrected chi connectivity index (χ3v) is 1.31. The maximum atomic E-state index is 4.08. The van der Waals surface area contributed by atoms with Crippen molar-refractivity contribution in [2.45, 2.75) is 6.29 Å². The second-order valence-electron chi connectivity index (χ2n) is 1.98. The van der Waals surface area contributed by atoms with Crippen LogP contribution in [0.3, 0.4) is 0 Å². The van der Waals surface area contributed by atoms with Crippen molar-refractivity contribution >= 4 is 12.4 Å². The first-order chi connectivity index (χ1) is 3.97. The molecule has 0 aromatic heterocycles. The minimum atomic E-state index is 0.148. The molecule has 0 aliphatic carbocycles. The van der Waals surface area contributed by atoms with Gasteiger partial charge in [-0.2, -0.15) is 0 Å². The first-order valence-electron chi connectivity index (χ1n) is 2.76. The van der Waals surface area contributed by atoms with Gasteiger partial charge in [-0.1, -0.05) is 0 Å². The maximum Gasteiger partial charge on any atom is 0.196 e. The molecule has 0 atom stereocenters. The summed E-state index contributed by atoms with van der Waals surface area (Å²) in [6.45, 7) is 2.33. The van der Waals surface area contributed by atoms with E-state index < -0.39 is 0 Å². The third-order valence-electron chi connectivity index (χ3n) is 1.31. The molecule has 1 saturated heterocycles. The number of hydrogen-bond donors (Lipinski definition) is 0. The highest BCUT2D eigenvalue weighted by Gasteiger charge is 2.26. The Bertz CT molecular complexity index is 134. The zero-order chi connectivity index (χ0) is 5.40. The summed E-state index contributed by atoms with van der Waals surface area (Å²) in [6, 6.07) is 0. The molecule has 0 saturated carbocycles. The highest BCUT2D eigenvalue weighted by atomic mass is 15.4. The molecule has 0 unspecified atom stereocenters. The highest BCUT2D eigenvalue weighted by molar-refractivity contribution is 6.17. The van der Waals surface area contributed by atoms with Crippen molar-refractivity contribution in [1.82, 2.24) is 4.90 Å².